The number of carboxylic acid groups (broad SMARTS) is 1. The summed E-state index contributed by atoms with van der Waals surface area (Å²) in [5, 5.41) is 11.7. The molecule has 0 aliphatic carbocycles. The van der Waals surface area contributed by atoms with Gasteiger partial charge in [-0.15, -0.1) is 11.3 Å². The van der Waals surface area contributed by atoms with Crippen LogP contribution >= 0.6 is 11.3 Å². The van der Waals surface area contributed by atoms with E-state index >= 15 is 0 Å². The average molecular weight is 265 g/mol. The third-order valence-electron chi connectivity index (χ3n) is 2.60. The molecule has 0 saturated carbocycles. The number of thiazole rings is 1. The summed E-state index contributed by atoms with van der Waals surface area (Å²) in [4.78, 5) is 15.0. The molecule has 5 heteroatoms. The van der Waals surface area contributed by atoms with Crippen LogP contribution in [0.3, 0.4) is 0 Å². The first-order valence-corrected chi connectivity index (χ1v) is 6.37. The van der Waals surface area contributed by atoms with Crippen LogP contribution in [-0.4, -0.2) is 16.1 Å². The van der Waals surface area contributed by atoms with E-state index in [2.05, 4.69) is 4.98 Å². The molecule has 1 heterocycles. The van der Waals surface area contributed by atoms with E-state index < -0.39 is 11.8 Å². The number of hydrogen-bond acceptors (Lipinski definition) is 3. The van der Waals surface area contributed by atoms with Gasteiger partial charge in [-0.1, -0.05) is 6.07 Å². The van der Waals surface area contributed by atoms with Crippen molar-refractivity contribution in [3.63, 3.8) is 0 Å². The zero-order valence-electron chi connectivity index (χ0n) is 9.81. The second-order valence-electron chi connectivity index (χ2n) is 3.98. The molecule has 0 radical (unpaired) electrons. The standard InChI is InChI=1S/C13H12FNO2S/c1-8-15-10(7-18-8)4-2-9-3-5-11(13(16)17)12(14)6-9/h3,5-7H,2,4H2,1H3,(H,16,17). The van der Waals surface area contributed by atoms with Gasteiger partial charge in [0.15, 0.2) is 0 Å². The summed E-state index contributed by atoms with van der Waals surface area (Å²) < 4.78 is 13.4. The van der Waals surface area contributed by atoms with E-state index in [9.17, 15) is 9.18 Å². The van der Waals surface area contributed by atoms with Crippen LogP contribution in [0.4, 0.5) is 4.39 Å². The van der Waals surface area contributed by atoms with E-state index in [1.54, 1.807) is 17.4 Å². The summed E-state index contributed by atoms with van der Waals surface area (Å²) in [5.41, 5.74) is 1.48. The van der Waals surface area contributed by atoms with Crippen molar-refractivity contribution in [2.45, 2.75) is 19.8 Å². The highest BCUT2D eigenvalue weighted by atomic mass is 32.1. The molecular formula is C13H12FNO2S. The number of carboxylic acids is 1. The van der Waals surface area contributed by atoms with Gasteiger partial charge in [-0.3, -0.25) is 0 Å². The Labute approximate surface area is 108 Å². The third kappa shape index (κ3) is 2.92. The minimum Gasteiger partial charge on any atom is -0.478 e. The van der Waals surface area contributed by atoms with E-state index in [-0.39, 0.29) is 5.56 Å². The highest BCUT2D eigenvalue weighted by Gasteiger charge is 2.10. The average Bonchev–Trinajstić information content (AvgIpc) is 2.72. The van der Waals surface area contributed by atoms with Gasteiger partial charge in [0.2, 0.25) is 0 Å². The van der Waals surface area contributed by atoms with Crippen LogP contribution in [0.1, 0.15) is 26.6 Å². The lowest BCUT2D eigenvalue weighted by Crippen LogP contribution is -2.01. The van der Waals surface area contributed by atoms with Crippen LogP contribution in [0.15, 0.2) is 23.6 Å². The summed E-state index contributed by atoms with van der Waals surface area (Å²) in [5.74, 6) is -1.93. The Hall–Kier alpha value is -1.75. The molecule has 0 bridgehead atoms. The van der Waals surface area contributed by atoms with Gasteiger partial charge >= 0.3 is 5.97 Å². The molecule has 1 aromatic heterocycles. The molecule has 0 unspecified atom stereocenters. The summed E-state index contributed by atoms with van der Waals surface area (Å²) in [6.45, 7) is 1.94. The highest BCUT2D eigenvalue weighted by molar-refractivity contribution is 7.09. The fraction of sp³-hybridized carbons (Fsp3) is 0.231. The molecule has 0 spiro atoms. The van der Waals surface area contributed by atoms with Crippen molar-refractivity contribution < 1.29 is 14.3 Å². The predicted molar refractivity (Wildman–Crippen MR) is 67.6 cm³/mol. The van der Waals surface area contributed by atoms with Crippen molar-refractivity contribution >= 4 is 17.3 Å². The number of aromatic carboxylic acids is 1. The number of carbonyl (C=O) groups is 1. The summed E-state index contributed by atoms with van der Waals surface area (Å²) >= 11 is 1.59. The maximum absolute atomic E-state index is 13.4. The summed E-state index contributed by atoms with van der Waals surface area (Å²) in [6.07, 6.45) is 1.39. The van der Waals surface area contributed by atoms with Crippen molar-refractivity contribution in [3.05, 3.63) is 51.2 Å². The third-order valence-corrected chi connectivity index (χ3v) is 3.42. The quantitative estimate of drug-likeness (QED) is 0.924. The molecule has 0 saturated heterocycles. The minimum atomic E-state index is -1.24. The van der Waals surface area contributed by atoms with Crippen LogP contribution in [0, 0.1) is 12.7 Å². The van der Waals surface area contributed by atoms with Crippen molar-refractivity contribution in [1.82, 2.24) is 4.98 Å². The Bertz CT molecular complexity index is 580. The van der Waals surface area contributed by atoms with E-state index in [1.807, 2.05) is 12.3 Å². The molecule has 18 heavy (non-hydrogen) atoms. The van der Waals surface area contributed by atoms with Gasteiger partial charge in [-0.2, -0.15) is 0 Å². The number of rotatable bonds is 4. The van der Waals surface area contributed by atoms with Crippen LogP contribution < -0.4 is 0 Å². The van der Waals surface area contributed by atoms with Gasteiger partial charge < -0.3 is 5.11 Å². The first-order valence-electron chi connectivity index (χ1n) is 5.49. The number of halogens is 1. The Morgan fingerprint density at radius 3 is 2.78 bits per heavy atom. The minimum absolute atomic E-state index is 0.289. The molecule has 2 rings (SSSR count). The van der Waals surface area contributed by atoms with E-state index in [0.717, 1.165) is 22.7 Å². The van der Waals surface area contributed by atoms with E-state index in [4.69, 9.17) is 5.11 Å². The van der Waals surface area contributed by atoms with Gasteiger partial charge in [-0.25, -0.2) is 14.2 Å². The monoisotopic (exact) mass is 265 g/mol. The Balaban J connectivity index is 2.06. The number of hydrogen-bond donors (Lipinski definition) is 1. The fourth-order valence-corrected chi connectivity index (χ4v) is 2.33. The van der Waals surface area contributed by atoms with Gasteiger partial charge in [0.1, 0.15) is 5.82 Å². The Morgan fingerprint density at radius 2 is 2.22 bits per heavy atom. The van der Waals surface area contributed by atoms with Crippen molar-refractivity contribution in [2.24, 2.45) is 0 Å². The Kier molecular flexibility index (Phi) is 3.72. The van der Waals surface area contributed by atoms with Crippen molar-refractivity contribution in [3.8, 4) is 0 Å². The molecule has 0 aliphatic rings. The maximum atomic E-state index is 13.4. The fourth-order valence-electron chi connectivity index (χ4n) is 1.68. The van der Waals surface area contributed by atoms with Gasteiger partial charge in [0, 0.05) is 5.38 Å². The van der Waals surface area contributed by atoms with Gasteiger partial charge in [0.05, 0.1) is 16.3 Å². The SMILES string of the molecule is Cc1nc(CCc2ccc(C(=O)O)c(F)c2)cs1. The predicted octanol–water partition coefficient (Wildman–Crippen LogP) is 3.07. The molecule has 94 valence electrons. The second kappa shape index (κ2) is 5.27. The first-order chi connectivity index (χ1) is 8.56. The Morgan fingerprint density at radius 1 is 1.44 bits per heavy atom. The zero-order valence-corrected chi connectivity index (χ0v) is 10.6. The zero-order chi connectivity index (χ0) is 13.1. The van der Waals surface area contributed by atoms with E-state index in [1.165, 1.54) is 12.1 Å². The number of aromatic nitrogens is 1. The second-order valence-corrected chi connectivity index (χ2v) is 5.04. The molecule has 0 fully saturated rings. The van der Waals surface area contributed by atoms with Crippen LogP contribution in [0.5, 0.6) is 0 Å². The number of aryl methyl sites for hydroxylation is 3. The van der Waals surface area contributed by atoms with Crippen LogP contribution in [0.2, 0.25) is 0 Å². The lowest BCUT2D eigenvalue weighted by atomic mass is 10.1. The molecule has 0 atom stereocenters. The van der Waals surface area contributed by atoms with Crippen LogP contribution in [-0.2, 0) is 12.8 Å². The van der Waals surface area contributed by atoms with Gasteiger partial charge in [-0.05, 0) is 37.5 Å². The molecule has 2 aromatic rings. The molecule has 1 aromatic carbocycles. The lowest BCUT2D eigenvalue weighted by molar-refractivity contribution is 0.0692. The topological polar surface area (TPSA) is 50.2 Å². The highest BCUT2D eigenvalue weighted by Crippen LogP contribution is 2.14. The molecule has 0 amide bonds. The normalized spacial score (nSPS) is 10.6. The maximum Gasteiger partial charge on any atom is 0.338 e. The molecule has 3 nitrogen and oxygen atoms in total. The molecule has 1 N–H and O–H groups in total. The summed E-state index contributed by atoms with van der Waals surface area (Å²) in [7, 11) is 0. The first kappa shape index (κ1) is 12.7. The largest absolute Gasteiger partial charge is 0.478 e. The van der Waals surface area contributed by atoms with Crippen molar-refractivity contribution in [1.29, 1.82) is 0 Å². The number of benzene rings is 1. The molecule has 0 aliphatic heterocycles. The van der Waals surface area contributed by atoms with Gasteiger partial charge in [0.25, 0.3) is 0 Å². The lowest BCUT2D eigenvalue weighted by Gasteiger charge is -2.02. The number of nitrogens with zero attached hydrogens (tertiary/aromatic N) is 1. The smallest absolute Gasteiger partial charge is 0.338 e. The van der Waals surface area contributed by atoms with Crippen molar-refractivity contribution in [2.75, 3.05) is 0 Å². The van der Waals surface area contributed by atoms with Crippen LogP contribution in [0.25, 0.3) is 0 Å². The molecular weight excluding hydrogens is 253 g/mol. The summed E-state index contributed by atoms with van der Waals surface area (Å²) in [6, 6.07) is 4.23. The van der Waals surface area contributed by atoms with E-state index in [0.29, 0.717) is 6.42 Å².